The van der Waals surface area contributed by atoms with Gasteiger partial charge in [0, 0.05) is 24.7 Å². The molecule has 1 fully saturated rings. The van der Waals surface area contributed by atoms with Crippen LogP contribution in [0.5, 0.6) is 11.5 Å². The summed E-state index contributed by atoms with van der Waals surface area (Å²) in [6.07, 6.45) is 3.65. The molecule has 4 rings (SSSR count). The van der Waals surface area contributed by atoms with Gasteiger partial charge in [-0.05, 0) is 62.1 Å². The summed E-state index contributed by atoms with van der Waals surface area (Å²) in [6, 6.07) is 11.1. The third kappa shape index (κ3) is 4.70. The van der Waals surface area contributed by atoms with Gasteiger partial charge in [0.25, 0.3) is 0 Å². The lowest BCUT2D eigenvalue weighted by atomic mass is 10.1. The van der Waals surface area contributed by atoms with Crippen LogP contribution < -0.4 is 25.0 Å². The van der Waals surface area contributed by atoms with Crippen molar-refractivity contribution in [2.45, 2.75) is 38.8 Å². The molecule has 0 unspecified atom stereocenters. The Morgan fingerprint density at radius 1 is 1.10 bits per heavy atom. The van der Waals surface area contributed by atoms with Crippen LogP contribution in [0.2, 0.25) is 5.02 Å². The summed E-state index contributed by atoms with van der Waals surface area (Å²) < 4.78 is 10.7. The van der Waals surface area contributed by atoms with Crippen LogP contribution in [0.25, 0.3) is 0 Å². The fourth-order valence-corrected chi connectivity index (χ4v) is 3.90. The number of halogens is 1. The first kappa shape index (κ1) is 19.7. The lowest BCUT2D eigenvalue weighted by Gasteiger charge is -2.31. The lowest BCUT2D eigenvalue weighted by Crippen LogP contribution is -2.38. The van der Waals surface area contributed by atoms with Gasteiger partial charge in [-0.1, -0.05) is 17.7 Å². The summed E-state index contributed by atoms with van der Waals surface area (Å²) in [5, 5.41) is 6.98. The molecule has 29 heavy (non-hydrogen) atoms. The molecule has 2 aliphatic heterocycles. The average molecular weight is 416 g/mol. The van der Waals surface area contributed by atoms with Crippen LogP contribution in [-0.4, -0.2) is 31.8 Å². The molecule has 0 saturated carbocycles. The highest BCUT2D eigenvalue weighted by molar-refractivity contribution is 6.31. The van der Waals surface area contributed by atoms with Crippen molar-refractivity contribution >= 4 is 28.9 Å². The van der Waals surface area contributed by atoms with Gasteiger partial charge in [0.15, 0.2) is 11.5 Å². The van der Waals surface area contributed by atoms with Crippen LogP contribution in [-0.2, 0) is 11.3 Å². The number of piperidine rings is 1. The monoisotopic (exact) mass is 415 g/mol. The molecule has 0 spiro atoms. The number of hydrogen-bond acceptors (Lipinski definition) is 5. The minimum Gasteiger partial charge on any atom is -0.454 e. The van der Waals surface area contributed by atoms with E-state index in [0.717, 1.165) is 35.8 Å². The number of anilines is 2. The Hall–Kier alpha value is -2.60. The maximum absolute atomic E-state index is 12.7. The van der Waals surface area contributed by atoms with Crippen molar-refractivity contribution in [2.24, 2.45) is 0 Å². The van der Waals surface area contributed by atoms with Crippen molar-refractivity contribution in [3.8, 4) is 11.5 Å². The number of ether oxygens (including phenoxy) is 2. The van der Waals surface area contributed by atoms with Crippen LogP contribution in [0.3, 0.4) is 0 Å². The summed E-state index contributed by atoms with van der Waals surface area (Å²) in [4.78, 5) is 15.0. The fourth-order valence-electron chi connectivity index (χ4n) is 3.73. The summed E-state index contributed by atoms with van der Waals surface area (Å²) in [5.41, 5.74) is 2.96. The number of amides is 1. The smallest absolute Gasteiger partial charge is 0.242 e. The van der Waals surface area contributed by atoms with Crippen molar-refractivity contribution in [3.05, 3.63) is 47.0 Å². The van der Waals surface area contributed by atoms with Gasteiger partial charge in [-0.2, -0.15) is 0 Å². The molecular weight excluding hydrogens is 390 g/mol. The van der Waals surface area contributed by atoms with E-state index in [-0.39, 0.29) is 12.7 Å². The molecule has 2 aromatic carbocycles. The van der Waals surface area contributed by atoms with E-state index >= 15 is 0 Å². The summed E-state index contributed by atoms with van der Waals surface area (Å²) in [6.45, 7) is 4.58. The van der Waals surface area contributed by atoms with Gasteiger partial charge in [-0.25, -0.2) is 0 Å². The van der Waals surface area contributed by atoms with E-state index in [1.54, 1.807) is 0 Å². The van der Waals surface area contributed by atoms with Crippen molar-refractivity contribution in [2.75, 3.05) is 30.1 Å². The normalized spacial score (nSPS) is 16.4. The highest BCUT2D eigenvalue weighted by atomic mass is 35.5. The molecule has 7 heteroatoms. The molecule has 0 aromatic heterocycles. The summed E-state index contributed by atoms with van der Waals surface area (Å²) in [5.74, 6) is 1.38. The number of carbonyl (C=O) groups excluding carboxylic acids is 1. The maximum Gasteiger partial charge on any atom is 0.242 e. The van der Waals surface area contributed by atoms with E-state index in [2.05, 4.69) is 15.5 Å². The molecule has 2 aliphatic rings. The zero-order chi connectivity index (χ0) is 20.2. The molecule has 0 aliphatic carbocycles. The van der Waals surface area contributed by atoms with Crippen LogP contribution in [0, 0.1) is 0 Å². The minimum absolute atomic E-state index is 0.0766. The first-order valence-electron chi connectivity index (χ1n) is 10.1. The highest BCUT2D eigenvalue weighted by Gasteiger charge is 2.19. The molecule has 0 bridgehead atoms. The van der Waals surface area contributed by atoms with E-state index in [0.29, 0.717) is 17.3 Å². The second-order valence-corrected chi connectivity index (χ2v) is 7.92. The van der Waals surface area contributed by atoms with E-state index < -0.39 is 6.04 Å². The Labute approximate surface area is 176 Å². The molecule has 154 valence electrons. The quantitative estimate of drug-likeness (QED) is 0.741. The SMILES string of the molecule is C[C@H](Nc1cc(Cl)ccc1N1CCCCC1)C(=O)NCc1ccc2c(c1)OCO2. The second-order valence-electron chi connectivity index (χ2n) is 7.48. The largest absolute Gasteiger partial charge is 0.454 e. The third-order valence-electron chi connectivity index (χ3n) is 5.32. The Balaban J connectivity index is 1.39. The molecular formula is C22H26ClN3O3. The van der Waals surface area contributed by atoms with Crippen molar-refractivity contribution in [3.63, 3.8) is 0 Å². The Kier molecular flexibility index (Phi) is 6.00. The molecule has 0 radical (unpaired) electrons. The molecule has 6 nitrogen and oxygen atoms in total. The first-order chi connectivity index (χ1) is 14.1. The minimum atomic E-state index is -0.397. The first-order valence-corrected chi connectivity index (χ1v) is 10.5. The predicted octanol–water partition coefficient (Wildman–Crippen LogP) is 4.18. The summed E-state index contributed by atoms with van der Waals surface area (Å²) >= 11 is 6.23. The second kappa shape index (κ2) is 8.82. The molecule has 1 amide bonds. The van der Waals surface area contributed by atoms with Gasteiger partial charge in [0.1, 0.15) is 6.04 Å². The fraction of sp³-hybridized carbons (Fsp3) is 0.409. The van der Waals surface area contributed by atoms with Gasteiger partial charge in [0.2, 0.25) is 12.7 Å². The molecule has 1 saturated heterocycles. The predicted molar refractivity (Wildman–Crippen MR) is 115 cm³/mol. The highest BCUT2D eigenvalue weighted by Crippen LogP contribution is 2.33. The van der Waals surface area contributed by atoms with Crippen molar-refractivity contribution in [1.29, 1.82) is 0 Å². The molecule has 2 aromatic rings. The molecule has 1 atom stereocenters. The van der Waals surface area contributed by atoms with E-state index in [1.807, 2.05) is 43.3 Å². The van der Waals surface area contributed by atoms with Gasteiger partial charge < -0.3 is 25.0 Å². The Morgan fingerprint density at radius 3 is 2.72 bits per heavy atom. The zero-order valence-electron chi connectivity index (χ0n) is 16.5. The van der Waals surface area contributed by atoms with Gasteiger partial charge >= 0.3 is 0 Å². The zero-order valence-corrected chi connectivity index (χ0v) is 17.3. The number of nitrogens with zero attached hydrogens (tertiary/aromatic N) is 1. The Morgan fingerprint density at radius 2 is 1.90 bits per heavy atom. The van der Waals surface area contributed by atoms with E-state index in [4.69, 9.17) is 21.1 Å². The van der Waals surface area contributed by atoms with Crippen LogP contribution in [0.15, 0.2) is 36.4 Å². The number of nitrogens with one attached hydrogen (secondary N) is 2. The number of fused-ring (bicyclic) bond motifs is 1. The standard InChI is InChI=1S/C22H26ClN3O3/c1-15(22(27)24-13-16-5-8-20-21(11-16)29-14-28-20)25-18-12-17(23)6-7-19(18)26-9-3-2-4-10-26/h5-8,11-12,15,25H,2-4,9-10,13-14H2,1H3,(H,24,27)/t15-/m0/s1. The van der Waals surface area contributed by atoms with Gasteiger partial charge in [-0.15, -0.1) is 0 Å². The number of benzene rings is 2. The van der Waals surface area contributed by atoms with Gasteiger partial charge in [0.05, 0.1) is 11.4 Å². The molecule has 2 N–H and O–H groups in total. The number of rotatable bonds is 6. The average Bonchev–Trinajstić information content (AvgIpc) is 3.20. The van der Waals surface area contributed by atoms with Crippen LogP contribution >= 0.6 is 11.6 Å². The number of carbonyl (C=O) groups is 1. The van der Waals surface area contributed by atoms with Gasteiger partial charge in [-0.3, -0.25) is 4.79 Å². The van der Waals surface area contributed by atoms with Crippen LogP contribution in [0.4, 0.5) is 11.4 Å². The third-order valence-corrected chi connectivity index (χ3v) is 5.56. The maximum atomic E-state index is 12.7. The van der Waals surface area contributed by atoms with Crippen molar-refractivity contribution in [1.82, 2.24) is 5.32 Å². The van der Waals surface area contributed by atoms with E-state index in [1.165, 1.54) is 19.3 Å². The topological polar surface area (TPSA) is 62.8 Å². The van der Waals surface area contributed by atoms with Crippen LogP contribution in [0.1, 0.15) is 31.7 Å². The molecule has 2 heterocycles. The van der Waals surface area contributed by atoms with E-state index in [9.17, 15) is 4.79 Å². The summed E-state index contributed by atoms with van der Waals surface area (Å²) in [7, 11) is 0. The number of hydrogen-bond donors (Lipinski definition) is 2. The Bertz CT molecular complexity index is 884. The lowest BCUT2D eigenvalue weighted by molar-refractivity contribution is -0.121. The van der Waals surface area contributed by atoms with Crippen molar-refractivity contribution < 1.29 is 14.3 Å².